The van der Waals surface area contributed by atoms with E-state index >= 15 is 0 Å². The largest absolute Gasteiger partial charge is 0.493 e. The number of hydrogen-bond acceptors (Lipinski definition) is 4. The number of nitrogens with one attached hydrogen (secondary N) is 3. The Morgan fingerprint density at radius 2 is 1.53 bits per heavy atom. The van der Waals surface area contributed by atoms with Crippen LogP contribution in [0.25, 0.3) is 0 Å². The van der Waals surface area contributed by atoms with E-state index in [-0.39, 0.29) is 5.91 Å². The quantitative estimate of drug-likeness (QED) is 0.406. The van der Waals surface area contributed by atoms with Crippen molar-refractivity contribution in [3.05, 3.63) is 59.7 Å². The van der Waals surface area contributed by atoms with E-state index in [9.17, 15) is 14.4 Å². The Kier molecular flexibility index (Phi) is 9.37. The first kappa shape index (κ1) is 22.9. The van der Waals surface area contributed by atoms with Gasteiger partial charge in [0.25, 0.3) is 11.8 Å². The molecular formula is C23H29N3O4. The number of para-hydroxylation sites is 1. The maximum atomic E-state index is 12.5. The van der Waals surface area contributed by atoms with Crippen LogP contribution < -0.4 is 20.9 Å². The standard InChI is InChI=1S/C23H29N3O4/c1-3-5-6-9-16-30-20-11-8-7-10-19(20)23(29)26-25-22(28)17-12-14-18(15-13-17)24-21(27)4-2/h7-8,10-15H,3-6,9,16H2,1-2H3,(H,24,27)(H,25,28)(H,26,29). The third-order valence-corrected chi connectivity index (χ3v) is 4.43. The third-order valence-electron chi connectivity index (χ3n) is 4.43. The Morgan fingerprint density at radius 3 is 2.23 bits per heavy atom. The van der Waals surface area contributed by atoms with Gasteiger partial charge in [-0.05, 0) is 42.8 Å². The van der Waals surface area contributed by atoms with E-state index in [1.54, 1.807) is 55.5 Å². The van der Waals surface area contributed by atoms with Crippen molar-refractivity contribution >= 4 is 23.4 Å². The minimum Gasteiger partial charge on any atom is -0.493 e. The SMILES string of the molecule is CCCCCCOc1ccccc1C(=O)NNC(=O)c1ccc(NC(=O)CC)cc1. The Balaban J connectivity index is 1.89. The lowest BCUT2D eigenvalue weighted by atomic mass is 10.2. The molecule has 0 fully saturated rings. The van der Waals surface area contributed by atoms with Crippen LogP contribution in [0, 0.1) is 0 Å². The number of carbonyl (C=O) groups is 3. The van der Waals surface area contributed by atoms with Crippen LogP contribution in [-0.4, -0.2) is 24.3 Å². The van der Waals surface area contributed by atoms with Crippen LogP contribution in [0.5, 0.6) is 5.75 Å². The number of amides is 3. The maximum absolute atomic E-state index is 12.5. The molecule has 3 N–H and O–H groups in total. The molecule has 0 aliphatic rings. The van der Waals surface area contributed by atoms with Crippen LogP contribution in [0.3, 0.4) is 0 Å². The second-order valence-electron chi connectivity index (χ2n) is 6.79. The van der Waals surface area contributed by atoms with Crippen LogP contribution in [0.1, 0.15) is 66.7 Å². The van der Waals surface area contributed by atoms with E-state index in [0.29, 0.717) is 35.6 Å². The average molecular weight is 412 g/mol. The van der Waals surface area contributed by atoms with Gasteiger partial charge in [0.1, 0.15) is 5.75 Å². The molecule has 0 unspecified atom stereocenters. The number of benzene rings is 2. The molecule has 0 heterocycles. The van der Waals surface area contributed by atoms with Crippen LogP contribution in [0.15, 0.2) is 48.5 Å². The van der Waals surface area contributed by atoms with E-state index in [0.717, 1.165) is 25.7 Å². The minimum absolute atomic E-state index is 0.106. The Labute approximate surface area is 177 Å². The number of unbranched alkanes of at least 4 members (excludes halogenated alkanes) is 3. The van der Waals surface area contributed by atoms with Crippen molar-refractivity contribution in [1.82, 2.24) is 10.9 Å². The lowest BCUT2D eigenvalue weighted by Gasteiger charge is -2.12. The van der Waals surface area contributed by atoms with Gasteiger partial charge in [-0.15, -0.1) is 0 Å². The van der Waals surface area contributed by atoms with Gasteiger partial charge in [-0.1, -0.05) is 45.2 Å². The summed E-state index contributed by atoms with van der Waals surface area (Å²) in [6.45, 7) is 4.44. The zero-order chi connectivity index (χ0) is 21.8. The molecule has 0 aromatic heterocycles. The van der Waals surface area contributed by atoms with E-state index in [1.807, 2.05) is 0 Å². The van der Waals surface area contributed by atoms with Crippen molar-refractivity contribution in [2.45, 2.75) is 46.0 Å². The smallest absolute Gasteiger partial charge is 0.273 e. The summed E-state index contributed by atoms with van der Waals surface area (Å²) < 4.78 is 5.74. The van der Waals surface area contributed by atoms with Crippen molar-refractivity contribution in [2.24, 2.45) is 0 Å². The first-order chi connectivity index (χ1) is 14.5. The molecule has 0 aliphatic heterocycles. The molecule has 0 spiro atoms. The molecule has 0 bridgehead atoms. The van der Waals surface area contributed by atoms with Gasteiger partial charge in [0.15, 0.2) is 0 Å². The van der Waals surface area contributed by atoms with Crippen molar-refractivity contribution in [3.63, 3.8) is 0 Å². The summed E-state index contributed by atoms with van der Waals surface area (Å²) in [4.78, 5) is 36.2. The van der Waals surface area contributed by atoms with E-state index in [2.05, 4.69) is 23.1 Å². The molecule has 0 radical (unpaired) electrons. The summed E-state index contributed by atoms with van der Waals surface area (Å²) in [6.07, 6.45) is 4.69. The Bertz CT molecular complexity index is 850. The van der Waals surface area contributed by atoms with Crippen molar-refractivity contribution in [1.29, 1.82) is 0 Å². The molecule has 2 aromatic rings. The van der Waals surface area contributed by atoms with Gasteiger partial charge in [-0.2, -0.15) is 0 Å². The highest BCUT2D eigenvalue weighted by Crippen LogP contribution is 2.18. The molecule has 3 amide bonds. The van der Waals surface area contributed by atoms with E-state index in [4.69, 9.17) is 4.74 Å². The fraction of sp³-hybridized carbons (Fsp3) is 0.348. The van der Waals surface area contributed by atoms with Gasteiger partial charge in [0.05, 0.1) is 12.2 Å². The molecule has 0 saturated carbocycles. The monoisotopic (exact) mass is 411 g/mol. The minimum atomic E-state index is -0.463. The van der Waals surface area contributed by atoms with Gasteiger partial charge < -0.3 is 10.1 Å². The molecule has 0 atom stereocenters. The van der Waals surface area contributed by atoms with Crippen LogP contribution in [-0.2, 0) is 4.79 Å². The van der Waals surface area contributed by atoms with Gasteiger partial charge in [-0.3, -0.25) is 25.2 Å². The number of hydrogen-bond donors (Lipinski definition) is 3. The second-order valence-corrected chi connectivity index (χ2v) is 6.79. The number of anilines is 1. The summed E-state index contributed by atoms with van der Waals surface area (Å²) >= 11 is 0. The Hall–Kier alpha value is -3.35. The van der Waals surface area contributed by atoms with E-state index < -0.39 is 11.8 Å². The number of ether oxygens (including phenoxy) is 1. The molecule has 30 heavy (non-hydrogen) atoms. The summed E-state index contributed by atoms with van der Waals surface area (Å²) in [5, 5.41) is 2.71. The lowest BCUT2D eigenvalue weighted by molar-refractivity contribution is -0.115. The normalized spacial score (nSPS) is 10.2. The van der Waals surface area contributed by atoms with Gasteiger partial charge in [0.2, 0.25) is 5.91 Å². The maximum Gasteiger partial charge on any atom is 0.273 e. The second kappa shape index (κ2) is 12.3. The van der Waals surface area contributed by atoms with Crippen molar-refractivity contribution < 1.29 is 19.1 Å². The van der Waals surface area contributed by atoms with E-state index in [1.165, 1.54) is 0 Å². The summed E-state index contributed by atoms with van der Waals surface area (Å²) in [5.74, 6) is -0.545. The Morgan fingerprint density at radius 1 is 0.833 bits per heavy atom. The molecule has 7 nitrogen and oxygen atoms in total. The summed E-state index contributed by atoms with van der Waals surface area (Å²) in [7, 11) is 0. The average Bonchev–Trinajstić information content (AvgIpc) is 2.77. The van der Waals surface area contributed by atoms with Crippen LogP contribution in [0.2, 0.25) is 0 Å². The number of carbonyl (C=O) groups excluding carboxylic acids is 3. The molecule has 2 rings (SSSR count). The topological polar surface area (TPSA) is 96.5 Å². The predicted molar refractivity (Wildman–Crippen MR) is 116 cm³/mol. The molecular weight excluding hydrogens is 382 g/mol. The van der Waals surface area contributed by atoms with Crippen molar-refractivity contribution in [3.8, 4) is 5.75 Å². The van der Waals surface area contributed by atoms with Gasteiger partial charge >= 0.3 is 0 Å². The predicted octanol–water partition coefficient (Wildman–Crippen LogP) is 4.07. The van der Waals surface area contributed by atoms with Gasteiger partial charge in [-0.25, -0.2) is 0 Å². The highest BCUT2D eigenvalue weighted by atomic mass is 16.5. The molecule has 7 heteroatoms. The molecule has 2 aromatic carbocycles. The highest BCUT2D eigenvalue weighted by Gasteiger charge is 2.14. The van der Waals surface area contributed by atoms with Crippen LogP contribution >= 0.6 is 0 Å². The molecule has 160 valence electrons. The number of hydrazine groups is 1. The first-order valence-corrected chi connectivity index (χ1v) is 10.3. The van der Waals surface area contributed by atoms with Crippen molar-refractivity contribution in [2.75, 3.05) is 11.9 Å². The summed E-state index contributed by atoms with van der Waals surface area (Å²) in [5.41, 5.74) is 6.12. The molecule has 0 aliphatic carbocycles. The number of rotatable bonds is 10. The fourth-order valence-corrected chi connectivity index (χ4v) is 2.70. The highest BCUT2D eigenvalue weighted by molar-refractivity contribution is 6.00. The third kappa shape index (κ3) is 7.24. The lowest BCUT2D eigenvalue weighted by Crippen LogP contribution is -2.41. The zero-order valence-electron chi connectivity index (χ0n) is 17.5. The van der Waals surface area contributed by atoms with Gasteiger partial charge in [0, 0.05) is 17.7 Å². The molecule has 0 saturated heterocycles. The fourth-order valence-electron chi connectivity index (χ4n) is 2.70. The zero-order valence-corrected chi connectivity index (χ0v) is 17.5. The summed E-state index contributed by atoms with van der Waals surface area (Å²) in [6, 6.07) is 13.3. The first-order valence-electron chi connectivity index (χ1n) is 10.3. The van der Waals surface area contributed by atoms with Crippen LogP contribution in [0.4, 0.5) is 5.69 Å².